The van der Waals surface area contributed by atoms with Crippen LogP contribution < -0.4 is 5.32 Å². The predicted molar refractivity (Wildman–Crippen MR) is 140 cm³/mol. The maximum Gasteiger partial charge on any atom is 0.341 e. The molecular formula is C28H26N2O9S. The Morgan fingerprint density at radius 1 is 0.850 bits per heavy atom. The minimum atomic E-state index is -4.56. The number of carbonyl (C=O) groups excluding carboxylic acids is 4. The lowest BCUT2D eigenvalue weighted by Gasteiger charge is -2.41. The normalized spacial score (nSPS) is 14.8. The third-order valence-electron chi connectivity index (χ3n) is 6.10. The molecule has 1 aliphatic heterocycles. The van der Waals surface area contributed by atoms with Gasteiger partial charge in [0, 0.05) is 0 Å². The van der Waals surface area contributed by atoms with Crippen molar-refractivity contribution in [3.63, 3.8) is 0 Å². The van der Waals surface area contributed by atoms with E-state index in [0.717, 1.165) is 11.0 Å². The van der Waals surface area contributed by atoms with Crippen LogP contribution in [-0.2, 0) is 58.4 Å². The highest BCUT2D eigenvalue weighted by molar-refractivity contribution is 7.85. The van der Waals surface area contributed by atoms with E-state index >= 15 is 0 Å². The molecule has 1 fully saturated rings. The summed E-state index contributed by atoms with van der Waals surface area (Å²) in [6.45, 7) is -0.439. The molecule has 3 aromatic carbocycles. The predicted octanol–water partition coefficient (Wildman–Crippen LogP) is 1.66. The van der Waals surface area contributed by atoms with Gasteiger partial charge < -0.3 is 19.7 Å². The number of hydrogen-bond acceptors (Lipinski definition) is 8. The number of ether oxygens (including phenoxy) is 2. The number of carbonyl (C=O) groups is 4. The van der Waals surface area contributed by atoms with E-state index in [4.69, 9.17) is 9.47 Å². The first-order chi connectivity index (χ1) is 19.1. The number of benzene rings is 3. The quantitative estimate of drug-likeness (QED) is 0.152. The molecule has 3 aromatic rings. The van der Waals surface area contributed by atoms with Gasteiger partial charge in [-0.05, 0) is 22.8 Å². The Kier molecular flexibility index (Phi) is 8.92. The maximum atomic E-state index is 13.0. The molecule has 208 valence electrons. The van der Waals surface area contributed by atoms with Gasteiger partial charge in [-0.2, -0.15) is 8.42 Å². The highest BCUT2D eigenvalue weighted by atomic mass is 32.2. The Labute approximate surface area is 230 Å². The molecule has 0 aromatic heterocycles. The second-order valence-corrected chi connectivity index (χ2v) is 10.3. The van der Waals surface area contributed by atoms with Crippen molar-refractivity contribution in [2.75, 3.05) is 6.54 Å². The van der Waals surface area contributed by atoms with Gasteiger partial charge in [-0.3, -0.25) is 14.1 Å². The minimum absolute atomic E-state index is 0.0398. The molecule has 2 N–H and O–H groups in total. The SMILES string of the molecule is O=C(Cc1ccccc1S(=O)(=O)O)NC1CN(C(C(=O)OCc2ccccc2)C(=O)OCc2ccccc2)C1=O. The fourth-order valence-corrected chi connectivity index (χ4v) is 4.80. The summed E-state index contributed by atoms with van der Waals surface area (Å²) in [5.74, 6) is -3.37. The van der Waals surface area contributed by atoms with Crippen LogP contribution >= 0.6 is 0 Å². The van der Waals surface area contributed by atoms with Crippen molar-refractivity contribution in [1.29, 1.82) is 0 Å². The summed E-state index contributed by atoms with van der Waals surface area (Å²) in [4.78, 5) is 52.0. The van der Waals surface area contributed by atoms with Gasteiger partial charge in [0.1, 0.15) is 19.3 Å². The largest absolute Gasteiger partial charge is 0.459 e. The number of nitrogens with one attached hydrogen (secondary N) is 1. The first-order valence-electron chi connectivity index (χ1n) is 12.2. The third kappa shape index (κ3) is 7.10. The molecule has 2 amide bonds. The fraction of sp³-hybridized carbons (Fsp3) is 0.214. The summed E-state index contributed by atoms with van der Waals surface area (Å²) in [6.07, 6.45) is -0.429. The fourth-order valence-electron chi connectivity index (χ4n) is 4.08. The average Bonchev–Trinajstić information content (AvgIpc) is 2.95. The lowest BCUT2D eigenvalue weighted by molar-refractivity contribution is -0.175. The van der Waals surface area contributed by atoms with Gasteiger partial charge in [-0.1, -0.05) is 78.9 Å². The smallest absolute Gasteiger partial charge is 0.341 e. The molecule has 1 atom stereocenters. The van der Waals surface area contributed by atoms with Crippen LogP contribution in [0, 0.1) is 0 Å². The van der Waals surface area contributed by atoms with Gasteiger partial charge in [0.15, 0.2) is 0 Å². The van der Waals surface area contributed by atoms with Crippen LogP contribution in [-0.4, -0.2) is 60.3 Å². The lowest BCUT2D eigenvalue weighted by Crippen LogP contribution is -2.69. The summed E-state index contributed by atoms with van der Waals surface area (Å²) in [6, 6.07) is 20.2. The van der Waals surface area contributed by atoms with E-state index in [-0.39, 0.29) is 25.3 Å². The molecule has 0 spiro atoms. The molecule has 11 nitrogen and oxygen atoms in total. The van der Waals surface area contributed by atoms with E-state index in [1.54, 1.807) is 60.7 Å². The number of likely N-dealkylation sites (tertiary alicyclic amines) is 1. The van der Waals surface area contributed by atoms with E-state index in [1.807, 2.05) is 0 Å². The van der Waals surface area contributed by atoms with E-state index in [1.165, 1.54) is 18.2 Å². The Morgan fingerprint density at radius 3 is 1.85 bits per heavy atom. The van der Waals surface area contributed by atoms with Crippen molar-refractivity contribution in [2.24, 2.45) is 0 Å². The molecule has 0 saturated carbocycles. The molecule has 1 heterocycles. The number of nitrogens with zero attached hydrogens (tertiary/aromatic N) is 1. The first-order valence-corrected chi connectivity index (χ1v) is 13.6. The topological polar surface area (TPSA) is 156 Å². The van der Waals surface area contributed by atoms with Crippen molar-refractivity contribution in [3.8, 4) is 0 Å². The molecule has 4 rings (SSSR count). The molecule has 1 saturated heterocycles. The van der Waals surface area contributed by atoms with Crippen molar-refractivity contribution < 1.29 is 41.6 Å². The second kappa shape index (κ2) is 12.5. The van der Waals surface area contributed by atoms with Gasteiger partial charge >= 0.3 is 11.9 Å². The lowest BCUT2D eigenvalue weighted by atomic mass is 10.0. The zero-order valence-corrected chi connectivity index (χ0v) is 22.0. The molecule has 1 unspecified atom stereocenters. The zero-order valence-electron chi connectivity index (χ0n) is 21.1. The molecular weight excluding hydrogens is 540 g/mol. The van der Waals surface area contributed by atoms with Gasteiger partial charge in [0.05, 0.1) is 17.9 Å². The number of rotatable bonds is 11. The van der Waals surface area contributed by atoms with Gasteiger partial charge in [0.25, 0.3) is 10.1 Å². The summed E-state index contributed by atoms with van der Waals surface area (Å²) in [7, 11) is -4.56. The number of esters is 2. The van der Waals surface area contributed by atoms with Crippen LogP contribution in [0.4, 0.5) is 0 Å². The van der Waals surface area contributed by atoms with Crippen LogP contribution in [0.2, 0.25) is 0 Å². The third-order valence-corrected chi connectivity index (χ3v) is 7.06. The maximum absolute atomic E-state index is 13.0. The number of amides is 2. The van der Waals surface area contributed by atoms with Crippen molar-refractivity contribution in [1.82, 2.24) is 10.2 Å². The highest BCUT2D eigenvalue weighted by Crippen LogP contribution is 2.20. The van der Waals surface area contributed by atoms with E-state index in [9.17, 15) is 32.1 Å². The van der Waals surface area contributed by atoms with Crippen LogP contribution in [0.1, 0.15) is 16.7 Å². The minimum Gasteiger partial charge on any atom is -0.459 e. The monoisotopic (exact) mass is 566 g/mol. The van der Waals surface area contributed by atoms with Crippen LogP contribution in [0.25, 0.3) is 0 Å². The molecule has 1 aliphatic rings. The van der Waals surface area contributed by atoms with E-state index in [0.29, 0.717) is 11.1 Å². The van der Waals surface area contributed by atoms with Gasteiger partial charge in [-0.25, -0.2) is 9.59 Å². The molecule has 40 heavy (non-hydrogen) atoms. The Balaban J connectivity index is 1.41. The molecule has 0 radical (unpaired) electrons. The second-order valence-electron chi connectivity index (χ2n) is 8.96. The summed E-state index contributed by atoms with van der Waals surface area (Å²) in [5, 5.41) is 2.46. The van der Waals surface area contributed by atoms with Crippen LogP contribution in [0.5, 0.6) is 0 Å². The van der Waals surface area contributed by atoms with Crippen molar-refractivity contribution in [2.45, 2.75) is 36.6 Å². The number of β-lactam (4-membered cyclic amide) rings is 1. The summed E-state index contributed by atoms with van der Waals surface area (Å²) < 4.78 is 43.2. The standard InChI is InChI=1S/C28H26N2O9S/c31-24(15-21-13-7-8-14-23(21)40(35,36)37)29-22-16-30(26(22)32)25(27(33)38-17-19-9-3-1-4-10-19)28(34)39-18-20-11-5-2-6-12-20/h1-14,22,25H,15-18H2,(H,29,31)(H,35,36,37). The number of hydrogen-bond donors (Lipinski definition) is 2. The molecule has 12 heteroatoms. The van der Waals surface area contributed by atoms with Crippen LogP contribution in [0.15, 0.2) is 89.8 Å². The summed E-state index contributed by atoms with van der Waals surface area (Å²) >= 11 is 0. The van der Waals surface area contributed by atoms with E-state index in [2.05, 4.69) is 5.32 Å². The van der Waals surface area contributed by atoms with Crippen molar-refractivity contribution >= 4 is 33.9 Å². The molecule has 0 aliphatic carbocycles. The van der Waals surface area contributed by atoms with Gasteiger partial charge in [0.2, 0.25) is 17.9 Å². The van der Waals surface area contributed by atoms with Crippen molar-refractivity contribution in [3.05, 3.63) is 102 Å². The Hall–Kier alpha value is -4.55. The zero-order chi connectivity index (χ0) is 28.7. The Morgan fingerprint density at radius 2 is 1.35 bits per heavy atom. The first kappa shape index (κ1) is 28.5. The summed E-state index contributed by atoms with van der Waals surface area (Å²) in [5.41, 5.74) is 1.40. The molecule has 0 bridgehead atoms. The van der Waals surface area contributed by atoms with Crippen LogP contribution in [0.3, 0.4) is 0 Å². The Bertz CT molecular complexity index is 1440. The van der Waals surface area contributed by atoms with Gasteiger partial charge in [-0.15, -0.1) is 0 Å². The van der Waals surface area contributed by atoms with E-state index < -0.39 is 57.3 Å². The average molecular weight is 567 g/mol. The highest BCUT2D eigenvalue weighted by Gasteiger charge is 2.49.